The number of unbranched alkanes of at least 4 members (excludes halogenated alkanes) is 8. The highest BCUT2D eigenvalue weighted by Crippen LogP contribution is 2.40. The Labute approximate surface area is 482 Å². The summed E-state index contributed by atoms with van der Waals surface area (Å²) in [6.45, 7) is 45.3. The molecule has 78 heavy (non-hydrogen) atoms. The summed E-state index contributed by atoms with van der Waals surface area (Å²) in [5.74, 6) is -1.23. The number of rotatable bonds is 56. The monoisotopic (exact) mass is 1120 g/mol. The van der Waals surface area contributed by atoms with Gasteiger partial charge in [-0.1, -0.05) is 135 Å². The lowest BCUT2D eigenvalue weighted by Crippen LogP contribution is -2.59. The Hall–Kier alpha value is -0.520. The van der Waals surface area contributed by atoms with E-state index in [2.05, 4.69) is 125 Å². The lowest BCUT2D eigenvalue weighted by Gasteiger charge is -2.48. The van der Waals surface area contributed by atoms with E-state index in [0.717, 1.165) is 129 Å². The second-order valence-electron chi connectivity index (χ2n) is 24.7. The Balaban J connectivity index is 7.67. The first kappa shape index (κ1) is 77.5. The third kappa shape index (κ3) is 35.6. The molecule has 0 amide bonds. The average Bonchev–Trinajstić information content (AvgIpc) is 3.39. The van der Waals surface area contributed by atoms with E-state index >= 15 is 0 Å². The van der Waals surface area contributed by atoms with Gasteiger partial charge in [0.15, 0.2) is 37.2 Å². The third-order valence-corrected chi connectivity index (χ3v) is 14.9. The van der Waals surface area contributed by atoms with Crippen molar-refractivity contribution in [2.45, 2.75) is 352 Å². The first-order chi connectivity index (χ1) is 37.1. The van der Waals surface area contributed by atoms with Crippen molar-refractivity contribution in [2.24, 2.45) is 17.3 Å². The molecule has 0 rings (SSSR count). The predicted octanol–water partition coefficient (Wildman–Crippen LogP) is 17.5. The Kier molecular flexibility index (Phi) is 45.5. The minimum atomic E-state index is -1.14. The van der Waals surface area contributed by atoms with Crippen molar-refractivity contribution < 1.29 is 61.9 Å². The lowest BCUT2D eigenvalue weighted by molar-refractivity contribution is -0.368. The van der Waals surface area contributed by atoms with Gasteiger partial charge in [0.1, 0.15) is 11.7 Å². The molecule has 0 heterocycles. The molecule has 0 aliphatic heterocycles. The quantitative estimate of drug-likeness (QED) is 0.0424. The van der Waals surface area contributed by atoms with Crippen LogP contribution in [0.2, 0.25) is 0 Å². The molecule has 469 valence electrons. The molecule has 0 aromatic rings. The van der Waals surface area contributed by atoms with Gasteiger partial charge in [0.2, 0.25) is 0 Å². The molecule has 11 unspecified atom stereocenters. The van der Waals surface area contributed by atoms with E-state index in [9.17, 15) is 5.11 Å². The first-order valence-corrected chi connectivity index (χ1v) is 32.4. The molecule has 0 aromatic heterocycles. The van der Waals surface area contributed by atoms with Crippen molar-refractivity contribution >= 4 is 0 Å². The summed E-state index contributed by atoms with van der Waals surface area (Å²) in [4.78, 5) is 0. The largest absolute Gasteiger partial charge is 0.381 e. The van der Waals surface area contributed by atoms with Crippen molar-refractivity contribution in [3.05, 3.63) is 0 Å². The number of ether oxygens (including phenoxy) is 12. The lowest BCUT2D eigenvalue weighted by atomic mass is 9.91. The van der Waals surface area contributed by atoms with Crippen molar-refractivity contribution in [1.29, 1.82) is 0 Å². The number of hydrogen-bond donors (Lipinski definition) is 0. The molecule has 1 radical (unpaired) electrons. The highest BCUT2D eigenvalue weighted by atomic mass is 16.8. The van der Waals surface area contributed by atoms with Gasteiger partial charge < -0.3 is 56.8 Å². The van der Waals surface area contributed by atoms with E-state index in [4.69, 9.17) is 56.8 Å². The van der Waals surface area contributed by atoms with Gasteiger partial charge in [-0.15, -0.1) is 0 Å². The molecule has 13 heteroatoms. The second kappa shape index (κ2) is 45.9. The van der Waals surface area contributed by atoms with E-state index in [1.807, 2.05) is 6.92 Å². The zero-order chi connectivity index (χ0) is 58.9. The van der Waals surface area contributed by atoms with E-state index in [1.165, 1.54) is 0 Å². The molecular weight excluding hydrogens is 989 g/mol. The SMILES string of the molecule is CCCCCOC(CC)(OCCC)C(C)(C)OC(C(C)CCC(OCCCCOC(C)C)OC(C)CC)C(OCCCC)OC(CCCCCCOCC(C)(C)C)OC(CC(C)(CC)OC([O])C(CC)CCCC)OCCC. The summed E-state index contributed by atoms with van der Waals surface area (Å²) in [5.41, 5.74) is -1.62. The van der Waals surface area contributed by atoms with Gasteiger partial charge >= 0.3 is 0 Å². The van der Waals surface area contributed by atoms with Gasteiger partial charge in [0.05, 0.1) is 31.0 Å². The van der Waals surface area contributed by atoms with Gasteiger partial charge in [0.25, 0.3) is 0 Å². The van der Waals surface area contributed by atoms with Crippen LogP contribution in [-0.4, -0.2) is 120 Å². The van der Waals surface area contributed by atoms with Gasteiger partial charge in [-0.3, -0.25) is 0 Å². The summed E-state index contributed by atoms with van der Waals surface area (Å²) in [7, 11) is 0. The maximum Gasteiger partial charge on any atom is 0.196 e. The smallest absolute Gasteiger partial charge is 0.196 e. The van der Waals surface area contributed by atoms with Crippen LogP contribution in [0, 0.1) is 17.3 Å². The maximum absolute atomic E-state index is 13.9. The minimum absolute atomic E-state index is 0.0326. The third-order valence-electron chi connectivity index (χ3n) is 14.9. The predicted molar refractivity (Wildman–Crippen MR) is 319 cm³/mol. The summed E-state index contributed by atoms with van der Waals surface area (Å²) in [6.07, 6.45) is 16.0. The van der Waals surface area contributed by atoms with Crippen LogP contribution in [0.15, 0.2) is 0 Å². The van der Waals surface area contributed by atoms with Crippen LogP contribution < -0.4 is 0 Å². The Bertz CT molecular complexity index is 1330. The molecule has 0 saturated heterocycles. The first-order valence-electron chi connectivity index (χ1n) is 32.4. The molecule has 0 aliphatic rings. The molecule has 13 nitrogen and oxygen atoms in total. The van der Waals surface area contributed by atoms with E-state index in [-0.39, 0.29) is 29.5 Å². The standard InChI is InChI=1S/C65H131O13/c1-20-29-35-49-73-65(28-9,72-44-24-5)63(17,18)77-59(53(12)41-42-56(74-54(13)25-6)70-48-38-37-47-68-52(10)11)61(71-46-31-22-3)76-57(40-34-32-33-36-45-67-51-62(14,15)16)75-58(69-43-23-4)50-64(19,27-8)78-60(66)55(26-7)39-30-21-2/h52-61H,20-51H2,1-19H3. The molecule has 0 fully saturated rings. The topological polar surface area (TPSA) is 131 Å². The average molecular weight is 1120 g/mol. The molecular formula is C65H131O13. The van der Waals surface area contributed by atoms with Crippen molar-refractivity contribution in [1.82, 2.24) is 0 Å². The fourth-order valence-corrected chi connectivity index (χ4v) is 9.28. The molecule has 0 aromatic carbocycles. The van der Waals surface area contributed by atoms with Crippen LogP contribution in [0.5, 0.6) is 0 Å². The minimum Gasteiger partial charge on any atom is -0.381 e. The van der Waals surface area contributed by atoms with E-state index < -0.39 is 54.5 Å². The zero-order valence-electron chi connectivity index (χ0n) is 54.7. The summed E-state index contributed by atoms with van der Waals surface area (Å²) >= 11 is 0. The Morgan fingerprint density at radius 2 is 1.05 bits per heavy atom. The van der Waals surface area contributed by atoms with E-state index in [1.54, 1.807) is 0 Å². The highest BCUT2D eigenvalue weighted by Gasteiger charge is 2.51. The zero-order valence-corrected chi connectivity index (χ0v) is 54.7. The molecule has 0 aliphatic carbocycles. The highest BCUT2D eigenvalue weighted by molar-refractivity contribution is 4.92. The van der Waals surface area contributed by atoms with Gasteiger partial charge in [-0.2, -0.15) is 0 Å². The van der Waals surface area contributed by atoms with Crippen LogP contribution in [0.1, 0.15) is 286 Å². The molecule has 0 saturated carbocycles. The molecule has 0 spiro atoms. The maximum atomic E-state index is 13.9. The van der Waals surface area contributed by atoms with E-state index in [0.29, 0.717) is 78.2 Å². The summed E-state index contributed by atoms with van der Waals surface area (Å²) in [6, 6.07) is 0. The van der Waals surface area contributed by atoms with Crippen molar-refractivity contribution in [3.63, 3.8) is 0 Å². The van der Waals surface area contributed by atoms with Gasteiger partial charge in [0, 0.05) is 58.4 Å². The summed E-state index contributed by atoms with van der Waals surface area (Å²) < 4.78 is 80.9. The van der Waals surface area contributed by atoms with Crippen LogP contribution in [0.25, 0.3) is 0 Å². The van der Waals surface area contributed by atoms with Crippen LogP contribution in [-0.2, 0) is 61.9 Å². The Morgan fingerprint density at radius 1 is 0.449 bits per heavy atom. The molecule has 11 atom stereocenters. The van der Waals surface area contributed by atoms with Crippen molar-refractivity contribution in [2.75, 3.05) is 52.9 Å². The Morgan fingerprint density at radius 3 is 1.64 bits per heavy atom. The van der Waals surface area contributed by atoms with Gasteiger partial charge in [-0.05, 0) is 149 Å². The van der Waals surface area contributed by atoms with Crippen LogP contribution in [0.3, 0.4) is 0 Å². The molecule has 0 N–H and O–H groups in total. The fraction of sp³-hybridized carbons (Fsp3) is 1.00. The van der Waals surface area contributed by atoms with Gasteiger partial charge in [-0.25, -0.2) is 5.11 Å². The molecule has 0 bridgehead atoms. The van der Waals surface area contributed by atoms with Crippen LogP contribution in [0.4, 0.5) is 0 Å². The fourth-order valence-electron chi connectivity index (χ4n) is 9.28. The number of hydrogen-bond acceptors (Lipinski definition) is 12. The summed E-state index contributed by atoms with van der Waals surface area (Å²) in [5, 5.41) is 13.9. The van der Waals surface area contributed by atoms with Crippen LogP contribution >= 0.6 is 0 Å². The van der Waals surface area contributed by atoms with Crippen molar-refractivity contribution in [3.8, 4) is 0 Å². The normalized spacial score (nSPS) is 17.8. The second-order valence-corrected chi connectivity index (χ2v) is 24.7.